The van der Waals surface area contributed by atoms with E-state index in [1.54, 1.807) is 0 Å². The van der Waals surface area contributed by atoms with Gasteiger partial charge in [0.1, 0.15) is 5.82 Å². The molecule has 0 amide bonds. The summed E-state index contributed by atoms with van der Waals surface area (Å²) in [5.74, 6) is 1.41. The van der Waals surface area contributed by atoms with Crippen LogP contribution >= 0.6 is 23.8 Å². The minimum absolute atomic E-state index is 0.0610. The molecule has 0 bridgehead atoms. The smallest absolute Gasteiger partial charge is 0.231 e. The van der Waals surface area contributed by atoms with Crippen LogP contribution < -0.4 is 15.5 Å². The molecule has 2 aliphatic rings. The van der Waals surface area contributed by atoms with Gasteiger partial charge in [0.15, 0.2) is 5.11 Å². The molecule has 2 N–H and O–H groups in total. The molecule has 1 fully saturated rings. The van der Waals surface area contributed by atoms with Crippen LogP contribution in [0, 0.1) is 6.92 Å². The minimum Gasteiger partial charge on any atom is -0.381 e. The van der Waals surface area contributed by atoms with Crippen molar-refractivity contribution in [2.45, 2.75) is 38.3 Å². The molecule has 5 rings (SSSR count). The number of rotatable bonds is 5. The first-order valence-electron chi connectivity index (χ1n) is 11.6. The molecule has 0 atom stereocenters. The molecular formula is C26H28ClN5OS. The predicted octanol–water partition coefficient (Wildman–Crippen LogP) is 4.99. The summed E-state index contributed by atoms with van der Waals surface area (Å²) in [5, 5.41) is 7.88. The first-order chi connectivity index (χ1) is 16.5. The molecule has 0 radical (unpaired) electrons. The fourth-order valence-electron chi connectivity index (χ4n) is 4.79. The lowest BCUT2D eigenvalue weighted by Crippen LogP contribution is -2.45. The Labute approximate surface area is 210 Å². The average molecular weight is 494 g/mol. The fraction of sp³-hybridized carbons (Fsp3) is 0.346. The van der Waals surface area contributed by atoms with Crippen LogP contribution in [0.3, 0.4) is 0 Å². The number of hydrogen-bond acceptors (Lipinski definition) is 5. The first kappa shape index (κ1) is 23.0. The van der Waals surface area contributed by atoms with Gasteiger partial charge in [0, 0.05) is 55.0 Å². The molecule has 0 aliphatic carbocycles. The Bertz CT molecular complexity index is 1160. The van der Waals surface area contributed by atoms with Gasteiger partial charge in [-0.3, -0.25) is 0 Å². The van der Waals surface area contributed by atoms with Gasteiger partial charge < -0.3 is 20.3 Å². The SMILES string of the molecule is Cc1cc(N2Cc3ccccc3C2)nc(NC(=S)NCC2(c3ccc(Cl)cc3)CCOCC2)n1. The zero-order valence-electron chi connectivity index (χ0n) is 19.2. The second-order valence-corrected chi connectivity index (χ2v) is 9.87. The molecule has 3 heterocycles. The number of nitrogens with zero attached hydrogens (tertiary/aromatic N) is 3. The molecule has 0 spiro atoms. The highest BCUT2D eigenvalue weighted by molar-refractivity contribution is 7.80. The predicted molar refractivity (Wildman–Crippen MR) is 141 cm³/mol. The first-order valence-corrected chi connectivity index (χ1v) is 12.4. The molecule has 6 nitrogen and oxygen atoms in total. The van der Waals surface area contributed by atoms with E-state index in [0.717, 1.165) is 55.7 Å². The highest BCUT2D eigenvalue weighted by Crippen LogP contribution is 2.35. The van der Waals surface area contributed by atoms with Crippen LogP contribution in [-0.2, 0) is 23.2 Å². The van der Waals surface area contributed by atoms with Gasteiger partial charge >= 0.3 is 0 Å². The Hall–Kier alpha value is -2.74. The van der Waals surface area contributed by atoms with Gasteiger partial charge in [0.25, 0.3) is 0 Å². The van der Waals surface area contributed by atoms with E-state index in [1.807, 2.05) is 25.1 Å². The Kier molecular flexibility index (Phi) is 6.68. The van der Waals surface area contributed by atoms with Crippen LogP contribution in [0.4, 0.5) is 11.8 Å². The number of fused-ring (bicyclic) bond motifs is 1. The van der Waals surface area contributed by atoms with Gasteiger partial charge in [-0.25, -0.2) is 4.98 Å². The zero-order valence-corrected chi connectivity index (χ0v) is 20.8. The number of ether oxygens (including phenoxy) is 1. The topological polar surface area (TPSA) is 62.3 Å². The summed E-state index contributed by atoms with van der Waals surface area (Å²) in [6, 6.07) is 18.6. The average Bonchev–Trinajstić information content (AvgIpc) is 3.28. The molecule has 0 unspecified atom stereocenters. The van der Waals surface area contributed by atoms with E-state index < -0.39 is 0 Å². The van der Waals surface area contributed by atoms with E-state index in [0.29, 0.717) is 17.6 Å². The number of aromatic nitrogens is 2. The van der Waals surface area contributed by atoms with Crippen molar-refractivity contribution in [3.05, 3.63) is 82.0 Å². The van der Waals surface area contributed by atoms with E-state index in [4.69, 9.17) is 33.5 Å². The van der Waals surface area contributed by atoms with Crippen molar-refractivity contribution < 1.29 is 4.74 Å². The lowest BCUT2D eigenvalue weighted by atomic mass is 9.74. The minimum atomic E-state index is -0.0610. The summed E-state index contributed by atoms with van der Waals surface area (Å²) >= 11 is 11.8. The molecule has 34 heavy (non-hydrogen) atoms. The normalized spacial score (nSPS) is 16.7. The Morgan fingerprint density at radius 2 is 1.74 bits per heavy atom. The summed E-state index contributed by atoms with van der Waals surface area (Å²) in [6.45, 7) is 5.83. The number of nitrogens with one attached hydrogen (secondary N) is 2. The summed E-state index contributed by atoms with van der Waals surface area (Å²) in [7, 11) is 0. The van der Waals surface area contributed by atoms with Gasteiger partial charge in [-0.1, -0.05) is 48.0 Å². The van der Waals surface area contributed by atoms with Crippen LogP contribution in [0.25, 0.3) is 0 Å². The molecule has 0 saturated carbocycles. The lowest BCUT2D eigenvalue weighted by molar-refractivity contribution is 0.0515. The van der Waals surface area contributed by atoms with Gasteiger partial charge in [-0.15, -0.1) is 0 Å². The number of hydrogen-bond donors (Lipinski definition) is 2. The Morgan fingerprint density at radius 3 is 2.41 bits per heavy atom. The maximum Gasteiger partial charge on any atom is 0.231 e. The van der Waals surface area contributed by atoms with Crippen LogP contribution in [0.15, 0.2) is 54.6 Å². The number of thiocarbonyl (C=S) groups is 1. The van der Waals surface area contributed by atoms with E-state index >= 15 is 0 Å². The van der Waals surface area contributed by atoms with Crippen molar-refractivity contribution in [3.63, 3.8) is 0 Å². The van der Waals surface area contributed by atoms with Crippen LogP contribution in [0.5, 0.6) is 0 Å². The maximum atomic E-state index is 6.12. The van der Waals surface area contributed by atoms with E-state index in [-0.39, 0.29) is 5.41 Å². The highest BCUT2D eigenvalue weighted by Gasteiger charge is 2.34. The van der Waals surface area contributed by atoms with Gasteiger partial charge in [-0.2, -0.15) is 4.98 Å². The van der Waals surface area contributed by atoms with Crippen LogP contribution in [-0.4, -0.2) is 34.8 Å². The second-order valence-electron chi connectivity index (χ2n) is 9.02. The van der Waals surface area contributed by atoms with Crippen LogP contribution in [0.2, 0.25) is 5.02 Å². The van der Waals surface area contributed by atoms with E-state index in [9.17, 15) is 0 Å². The van der Waals surface area contributed by atoms with Crippen molar-refractivity contribution >= 4 is 40.7 Å². The second kappa shape index (κ2) is 9.86. The van der Waals surface area contributed by atoms with E-state index in [1.165, 1.54) is 16.7 Å². The molecule has 1 saturated heterocycles. The maximum absolute atomic E-state index is 6.12. The van der Waals surface area contributed by atoms with Crippen molar-refractivity contribution in [1.29, 1.82) is 0 Å². The van der Waals surface area contributed by atoms with Crippen LogP contribution in [0.1, 0.15) is 35.2 Å². The quantitative estimate of drug-likeness (QED) is 0.485. The number of benzene rings is 2. The standard InChI is InChI=1S/C26H28ClN5OS/c1-18-14-23(32-15-19-4-2-3-5-20(19)16-32)30-24(29-18)31-25(34)28-17-26(10-12-33-13-11-26)21-6-8-22(27)9-7-21/h2-9,14H,10-13,15-17H2,1H3,(H2,28,29,30,31,34). The third kappa shape index (κ3) is 5.02. The molecule has 8 heteroatoms. The summed E-state index contributed by atoms with van der Waals surface area (Å²) in [6.07, 6.45) is 1.84. The number of aryl methyl sites for hydroxylation is 1. The fourth-order valence-corrected chi connectivity index (χ4v) is 5.08. The zero-order chi connectivity index (χ0) is 23.5. The third-order valence-electron chi connectivity index (χ3n) is 6.72. The molecule has 2 aromatic carbocycles. The third-order valence-corrected chi connectivity index (χ3v) is 7.22. The molecule has 176 valence electrons. The summed E-state index contributed by atoms with van der Waals surface area (Å²) in [5.41, 5.74) is 4.77. The molecule has 2 aliphatic heterocycles. The largest absolute Gasteiger partial charge is 0.381 e. The van der Waals surface area contributed by atoms with E-state index in [2.05, 4.69) is 56.9 Å². The summed E-state index contributed by atoms with van der Waals surface area (Å²) in [4.78, 5) is 11.6. The van der Waals surface area contributed by atoms with Gasteiger partial charge in [0.05, 0.1) is 0 Å². The number of anilines is 2. The van der Waals surface area contributed by atoms with Crippen molar-refractivity contribution in [3.8, 4) is 0 Å². The van der Waals surface area contributed by atoms with Gasteiger partial charge in [0.2, 0.25) is 5.95 Å². The monoisotopic (exact) mass is 493 g/mol. The van der Waals surface area contributed by atoms with Crippen molar-refractivity contribution in [2.75, 3.05) is 30.0 Å². The molecular weight excluding hydrogens is 466 g/mol. The summed E-state index contributed by atoms with van der Waals surface area (Å²) < 4.78 is 5.64. The highest BCUT2D eigenvalue weighted by atomic mass is 35.5. The Balaban J connectivity index is 1.27. The Morgan fingerprint density at radius 1 is 1.06 bits per heavy atom. The van der Waals surface area contributed by atoms with Crippen molar-refractivity contribution in [2.24, 2.45) is 0 Å². The van der Waals surface area contributed by atoms with Gasteiger partial charge in [-0.05, 0) is 60.8 Å². The molecule has 3 aromatic rings. The number of halogens is 1. The molecule has 1 aromatic heterocycles. The van der Waals surface area contributed by atoms with Crippen molar-refractivity contribution in [1.82, 2.24) is 15.3 Å². The lowest BCUT2D eigenvalue weighted by Gasteiger charge is -2.38.